The first kappa shape index (κ1) is 18.6. The van der Waals surface area contributed by atoms with Crippen molar-refractivity contribution < 1.29 is 56.1 Å². The molecule has 2 aliphatic heterocycles. The molecule has 2 heterocycles. The number of hydrogen-bond donors (Lipinski definition) is 0. The van der Waals surface area contributed by atoms with E-state index in [1.54, 1.807) is 0 Å². The molecular formula is C15H29KN2O. The molecule has 0 aromatic heterocycles. The van der Waals surface area contributed by atoms with Gasteiger partial charge in [-0.1, -0.05) is 13.8 Å². The number of rotatable bonds is 4. The molecule has 0 aliphatic carbocycles. The summed E-state index contributed by atoms with van der Waals surface area (Å²) in [6, 6.07) is 0. The fourth-order valence-electron chi connectivity index (χ4n) is 3.06. The SMILES string of the molecule is [CH2-]N1CCC(OC2CCN(CC(C)C)CC2)CC1.[K+]. The molecule has 0 bridgehead atoms. The van der Waals surface area contributed by atoms with Crippen LogP contribution in [0.15, 0.2) is 0 Å². The maximum absolute atomic E-state index is 6.25. The molecule has 19 heavy (non-hydrogen) atoms. The smallest absolute Gasteiger partial charge is 0.459 e. The molecule has 3 nitrogen and oxygen atoms in total. The van der Waals surface area contributed by atoms with Crippen molar-refractivity contribution in [2.75, 3.05) is 32.7 Å². The van der Waals surface area contributed by atoms with Crippen molar-refractivity contribution in [3.8, 4) is 0 Å². The van der Waals surface area contributed by atoms with Gasteiger partial charge in [-0.05, 0) is 44.7 Å². The van der Waals surface area contributed by atoms with Gasteiger partial charge in [0.15, 0.2) is 0 Å². The molecule has 0 aromatic rings. The van der Waals surface area contributed by atoms with Crippen LogP contribution in [0.2, 0.25) is 0 Å². The van der Waals surface area contributed by atoms with Crippen LogP contribution in [-0.4, -0.2) is 54.7 Å². The van der Waals surface area contributed by atoms with Crippen LogP contribution in [0.4, 0.5) is 0 Å². The van der Waals surface area contributed by atoms with Gasteiger partial charge in [0.25, 0.3) is 0 Å². The van der Waals surface area contributed by atoms with Crippen LogP contribution in [0.1, 0.15) is 39.5 Å². The Kier molecular flexibility index (Phi) is 9.30. The van der Waals surface area contributed by atoms with Crippen LogP contribution < -0.4 is 51.4 Å². The first-order valence-corrected chi connectivity index (χ1v) is 7.56. The van der Waals surface area contributed by atoms with E-state index in [2.05, 4.69) is 30.7 Å². The van der Waals surface area contributed by atoms with Gasteiger partial charge in [-0.3, -0.25) is 7.05 Å². The first-order valence-electron chi connectivity index (χ1n) is 7.56. The third-order valence-electron chi connectivity index (χ3n) is 4.08. The monoisotopic (exact) mass is 292 g/mol. The van der Waals surface area contributed by atoms with E-state index in [0.29, 0.717) is 12.2 Å². The topological polar surface area (TPSA) is 15.7 Å². The van der Waals surface area contributed by atoms with E-state index < -0.39 is 0 Å². The number of nitrogens with zero attached hydrogens (tertiary/aromatic N) is 2. The molecule has 0 atom stereocenters. The molecule has 2 saturated heterocycles. The zero-order chi connectivity index (χ0) is 13.0. The molecule has 0 aromatic carbocycles. The molecule has 2 aliphatic rings. The van der Waals surface area contributed by atoms with Crippen molar-refractivity contribution in [3.63, 3.8) is 0 Å². The largest absolute Gasteiger partial charge is 1.00 e. The average molecular weight is 293 g/mol. The Morgan fingerprint density at radius 2 is 1.47 bits per heavy atom. The normalized spacial score (nSPS) is 24.6. The molecule has 0 unspecified atom stereocenters. The number of ether oxygens (including phenoxy) is 1. The van der Waals surface area contributed by atoms with Gasteiger partial charge in [-0.15, -0.1) is 0 Å². The van der Waals surface area contributed by atoms with E-state index in [-0.39, 0.29) is 51.4 Å². The van der Waals surface area contributed by atoms with Gasteiger partial charge in [0.1, 0.15) is 0 Å². The van der Waals surface area contributed by atoms with Crippen molar-refractivity contribution in [1.82, 2.24) is 9.80 Å². The maximum Gasteiger partial charge on any atom is 1.00 e. The number of likely N-dealkylation sites (tertiary alicyclic amines) is 2. The van der Waals surface area contributed by atoms with Crippen molar-refractivity contribution in [1.29, 1.82) is 0 Å². The van der Waals surface area contributed by atoms with E-state index in [9.17, 15) is 0 Å². The predicted molar refractivity (Wildman–Crippen MR) is 75.3 cm³/mol. The van der Waals surface area contributed by atoms with Gasteiger partial charge in [0.05, 0.1) is 12.2 Å². The zero-order valence-electron chi connectivity index (χ0n) is 13.1. The van der Waals surface area contributed by atoms with Gasteiger partial charge in [-0.2, -0.15) is 0 Å². The fraction of sp³-hybridized carbons (Fsp3) is 0.933. The third-order valence-corrected chi connectivity index (χ3v) is 4.08. The molecular weight excluding hydrogens is 263 g/mol. The standard InChI is InChI=1S/C15H29N2O.K/c1-13(2)12-17-10-6-15(7-11-17)18-14-4-8-16(3)9-5-14;/h13-15H,3-12H2,1-2H3;/q-1;+1. The van der Waals surface area contributed by atoms with Crippen LogP contribution in [-0.2, 0) is 4.74 Å². The van der Waals surface area contributed by atoms with Crippen molar-refractivity contribution in [2.45, 2.75) is 51.7 Å². The number of piperidine rings is 2. The Bertz CT molecular complexity index is 234. The summed E-state index contributed by atoms with van der Waals surface area (Å²) in [7, 11) is 3.99. The molecule has 4 heteroatoms. The molecule has 0 saturated carbocycles. The Balaban J connectivity index is 0.00000180. The van der Waals surface area contributed by atoms with Gasteiger partial charge in [0, 0.05) is 19.6 Å². The van der Waals surface area contributed by atoms with E-state index in [4.69, 9.17) is 4.74 Å². The quantitative estimate of drug-likeness (QED) is 0.508. The molecule has 0 spiro atoms. The minimum Gasteiger partial charge on any atom is -0.459 e. The van der Waals surface area contributed by atoms with Gasteiger partial charge in [0.2, 0.25) is 0 Å². The van der Waals surface area contributed by atoms with Crippen LogP contribution in [0, 0.1) is 13.0 Å². The summed E-state index contributed by atoms with van der Waals surface area (Å²) in [5, 5.41) is 0. The summed E-state index contributed by atoms with van der Waals surface area (Å²) in [4.78, 5) is 4.74. The Labute approximate surface area is 161 Å². The predicted octanol–water partition coefficient (Wildman–Crippen LogP) is -0.617. The minimum absolute atomic E-state index is 0. The Morgan fingerprint density at radius 1 is 1.00 bits per heavy atom. The summed E-state index contributed by atoms with van der Waals surface area (Å²) in [5.74, 6) is 0.781. The summed E-state index contributed by atoms with van der Waals surface area (Å²) >= 11 is 0. The number of hydrogen-bond acceptors (Lipinski definition) is 3. The van der Waals surface area contributed by atoms with Gasteiger partial charge in [-0.25, -0.2) is 0 Å². The molecule has 2 fully saturated rings. The molecule has 106 valence electrons. The average Bonchev–Trinajstić information content (AvgIpc) is 2.34. The molecule has 0 radical (unpaired) electrons. The maximum atomic E-state index is 6.25. The van der Waals surface area contributed by atoms with E-state index in [0.717, 1.165) is 31.8 Å². The molecule has 0 amide bonds. The second-order valence-corrected chi connectivity index (χ2v) is 6.35. The van der Waals surface area contributed by atoms with Gasteiger partial charge >= 0.3 is 51.4 Å². The minimum atomic E-state index is 0. The van der Waals surface area contributed by atoms with E-state index >= 15 is 0 Å². The zero-order valence-corrected chi connectivity index (χ0v) is 16.2. The van der Waals surface area contributed by atoms with Crippen molar-refractivity contribution in [3.05, 3.63) is 7.05 Å². The van der Waals surface area contributed by atoms with Crippen LogP contribution in [0.25, 0.3) is 0 Å². The first-order chi connectivity index (χ1) is 8.63. The molecule has 2 rings (SSSR count). The van der Waals surface area contributed by atoms with Crippen LogP contribution in [0.3, 0.4) is 0 Å². The Morgan fingerprint density at radius 3 is 1.95 bits per heavy atom. The van der Waals surface area contributed by atoms with E-state index in [1.165, 1.54) is 32.5 Å². The van der Waals surface area contributed by atoms with Crippen molar-refractivity contribution >= 4 is 0 Å². The van der Waals surface area contributed by atoms with Crippen LogP contribution >= 0.6 is 0 Å². The summed E-state index contributed by atoms with van der Waals surface area (Å²) in [5.41, 5.74) is 0. The molecule has 0 N–H and O–H groups in total. The van der Waals surface area contributed by atoms with Crippen molar-refractivity contribution in [2.24, 2.45) is 5.92 Å². The second kappa shape index (κ2) is 9.52. The summed E-state index contributed by atoms with van der Waals surface area (Å²) in [6.45, 7) is 10.5. The summed E-state index contributed by atoms with van der Waals surface area (Å²) in [6.07, 6.45) is 5.76. The second-order valence-electron chi connectivity index (χ2n) is 6.35. The van der Waals surface area contributed by atoms with Crippen LogP contribution in [0.5, 0.6) is 0 Å². The van der Waals surface area contributed by atoms with Gasteiger partial charge < -0.3 is 14.5 Å². The fourth-order valence-corrected chi connectivity index (χ4v) is 3.06. The third kappa shape index (κ3) is 6.87. The summed E-state index contributed by atoms with van der Waals surface area (Å²) < 4.78 is 6.25. The Hall–Kier alpha value is 1.52. The van der Waals surface area contributed by atoms with E-state index in [1.807, 2.05) is 0 Å².